The van der Waals surface area contributed by atoms with Gasteiger partial charge in [0.1, 0.15) is 5.82 Å². The molecule has 2 heterocycles. The van der Waals surface area contributed by atoms with Crippen molar-refractivity contribution in [1.82, 2.24) is 10.2 Å². The molecule has 1 amide bonds. The first-order valence-corrected chi connectivity index (χ1v) is 8.47. The van der Waals surface area contributed by atoms with Gasteiger partial charge in [0.15, 0.2) is 0 Å². The van der Waals surface area contributed by atoms with Gasteiger partial charge >= 0.3 is 0 Å². The highest BCUT2D eigenvalue weighted by Crippen LogP contribution is 2.32. The fraction of sp³-hybridized carbons (Fsp3) is 0.611. The summed E-state index contributed by atoms with van der Waals surface area (Å²) in [6, 6.07) is 6.04. The lowest BCUT2D eigenvalue weighted by atomic mass is 9.86. The largest absolute Gasteiger partial charge is 0.388 e. The van der Waals surface area contributed by atoms with Crippen LogP contribution in [0.2, 0.25) is 0 Å². The van der Waals surface area contributed by atoms with E-state index < -0.39 is 11.6 Å². The van der Waals surface area contributed by atoms with E-state index in [0.29, 0.717) is 13.1 Å². The van der Waals surface area contributed by atoms with Gasteiger partial charge in [0.2, 0.25) is 5.91 Å². The minimum absolute atomic E-state index is 0. The Morgan fingerprint density at radius 1 is 1.33 bits per heavy atom. The van der Waals surface area contributed by atoms with Gasteiger partial charge < -0.3 is 15.3 Å². The predicted molar refractivity (Wildman–Crippen MR) is 93.6 cm³/mol. The van der Waals surface area contributed by atoms with Crippen LogP contribution in [0.15, 0.2) is 24.3 Å². The number of aliphatic hydroxyl groups excluding tert-OH is 1. The maximum atomic E-state index is 13.0. The number of aliphatic hydroxyl groups is 1. The van der Waals surface area contributed by atoms with Gasteiger partial charge in [-0.2, -0.15) is 0 Å². The van der Waals surface area contributed by atoms with Gasteiger partial charge in [-0.25, -0.2) is 4.39 Å². The number of carbonyl (C=O) groups excluding carboxylic acids is 1. The zero-order valence-corrected chi connectivity index (χ0v) is 14.8. The van der Waals surface area contributed by atoms with Crippen LogP contribution >= 0.6 is 12.4 Å². The minimum atomic E-state index is -0.590. The van der Waals surface area contributed by atoms with E-state index in [0.717, 1.165) is 37.8 Å². The minimum Gasteiger partial charge on any atom is -0.388 e. The molecule has 134 valence electrons. The second-order valence-corrected chi connectivity index (χ2v) is 6.99. The monoisotopic (exact) mass is 356 g/mol. The van der Waals surface area contributed by atoms with Crippen molar-refractivity contribution in [3.63, 3.8) is 0 Å². The van der Waals surface area contributed by atoms with E-state index in [-0.39, 0.29) is 30.0 Å². The van der Waals surface area contributed by atoms with E-state index in [9.17, 15) is 14.3 Å². The molecule has 0 spiro atoms. The van der Waals surface area contributed by atoms with Crippen LogP contribution in [0.25, 0.3) is 0 Å². The number of nitrogens with zero attached hydrogens (tertiary/aromatic N) is 1. The molecule has 0 aliphatic carbocycles. The standard InChI is InChI=1S/C18H25FN2O2.ClH/c1-18(9-2-10-20-18)17(23)21-11-7-14(8-12-21)16(22)13-3-5-15(19)6-4-13;/h3-6,14,16,20,22H,2,7-12H2,1H3;1H. The van der Waals surface area contributed by atoms with Gasteiger partial charge in [-0.1, -0.05) is 12.1 Å². The molecule has 2 aliphatic rings. The normalized spacial score (nSPS) is 26.0. The van der Waals surface area contributed by atoms with Gasteiger partial charge in [-0.3, -0.25) is 4.79 Å². The van der Waals surface area contributed by atoms with E-state index in [1.807, 2.05) is 11.8 Å². The molecule has 6 heteroatoms. The maximum Gasteiger partial charge on any atom is 0.242 e. The Bertz CT molecular complexity index is 553. The first-order valence-electron chi connectivity index (χ1n) is 8.47. The summed E-state index contributed by atoms with van der Waals surface area (Å²) in [6.45, 7) is 4.25. The highest BCUT2D eigenvalue weighted by atomic mass is 35.5. The van der Waals surface area contributed by atoms with Crippen molar-refractivity contribution in [1.29, 1.82) is 0 Å². The summed E-state index contributed by atoms with van der Waals surface area (Å²) in [5.74, 6) is 0.0113. The molecule has 2 aliphatic heterocycles. The van der Waals surface area contributed by atoms with Crippen LogP contribution in [-0.4, -0.2) is 41.1 Å². The lowest BCUT2D eigenvalue weighted by molar-refractivity contribution is -0.139. The third kappa shape index (κ3) is 3.90. The number of halogens is 2. The van der Waals surface area contributed by atoms with Gasteiger partial charge in [-0.15, -0.1) is 12.4 Å². The van der Waals surface area contributed by atoms with Crippen LogP contribution < -0.4 is 5.32 Å². The van der Waals surface area contributed by atoms with Crippen LogP contribution in [0.5, 0.6) is 0 Å². The molecular weight excluding hydrogens is 331 g/mol. The summed E-state index contributed by atoms with van der Waals surface area (Å²) >= 11 is 0. The molecule has 1 aromatic carbocycles. The lowest BCUT2D eigenvalue weighted by Gasteiger charge is -2.38. The van der Waals surface area contributed by atoms with Crippen molar-refractivity contribution in [2.24, 2.45) is 5.92 Å². The first kappa shape index (κ1) is 19.2. The molecule has 24 heavy (non-hydrogen) atoms. The van der Waals surface area contributed by atoms with Crippen molar-refractivity contribution in [2.75, 3.05) is 19.6 Å². The zero-order chi connectivity index (χ0) is 16.4. The molecule has 2 unspecified atom stereocenters. The van der Waals surface area contributed by atoms with Crippen molar-refractivity contribution in [3.05, 3.63) is 35.6 Å². The van der Waals surface area contributed by atoms with Crippen LogP contribution in [0, 0.1) is 11.7 Å². The molecule has 0 radical (unpaired) electrons. The number of nitrogens with one attached hydrogen (secondary N) is 1. The Labute approximate surface area is 148 Å². The van der Waals surface area contributed by atoms with E-state index in [2.05, 4.69) is 5.32 Å². The summed E-state index contributed by atoms with van der Waals surface area (Å²) in [6.07, 6.45) is 2.90. The van der Waals surface area contributed by atoms with Gasteiger partial charge in [-0.05, 0) is 62.8 Å². The Hall–Kier alpha value is -1.17. The number of piperidine rings is 1. The molecule has 2 N–H and O–H groups in total. The Kier molecular flexibility index (Phi) is 6.23. The SMILES string of the molecule is CC1(C(=O)N2CCC(C(O)c3ccc(F)cc3)CC2)CCCN1.Cl. The summed E-state index contributed by atoms with van der Waals surface area (Å²) in [5.41, 5.74) is 0.336. The van der Waals surface area contributed by atoms with Crippen molar-refractivity contribution in [2.45, 2.75) is 44.2 Å². The first-order chi connectivity index (χ1) is 11.0. The molecule has 0 aromatic heterocycles. The summed E-state index contributed by atoms with van der Waals surface area (Å²) in [7, 11) is 0. The molecule has 0 bridgehead atoms. The average Bonchev–Trinajstić information content (AvgIpc) is 3.02. The van der Waals surface area contributed by atoms with E-state index in [1.165, 1.54) is 12.1 Å². The van der Waals surface area contributed by atoms with E-state index in [4.69, 9.17) is 0 Å². The second-order valence-electron chi connectivity index (χ2n) is 6.99. The molecule has 2 fully saturated rings. The molecule has 1 aromatic rings. The summed E-state index contributed by atoms with van der Waals surface area (Å²) < 4.78 is 13.0. The summed E-state index contributed by atoms with van der Waals surface area (Å²) in [4.78, 5) is 14.6. The number of carbonyl (C=O) groups is 1. The van der Waals surface area contributed by atoms with Crippen LogP contribution in [0.3, 0.4) is 0 Å². The highest BCUT2D eigenvalue weighted by Gasteiger charge is 2.40. The fourth-order valence-corrected chi connectivity index (χ4v) is 3.78. The molecule has 4 nitrogen and oxygen atoms in total. The smallest absolute Gasteiger partial charge is 0.242 e. The number of benzene rings is 1. The number of hydrogen-bond donors (Lipinski definition) is 2. The van der Waals surface area contributed by atoms with Crippen LogP contribution in [0.1, 0.15) is 44.3 Å². The Morgan fingerprint density at radius 2 is 1.96 bits per heavy atom. The molecule has 3 rings (SSSR count). The van der Waals surface area contributed by atoms with Crippen LogP contribution in [0.4, 0.5) is 4.39 Å². The predicted octanol–water partition coefficient (Wildman–Crippen LogP) is 2.66. The number of rotatable bonds is 3. The molecular formula is C18H26ClFN2O2. The second kappa shape index (κ2) is 7.81. The van der Waals surface area contributed by atoms with Crippen LogP contribution in [-0.2, 0) is 4.79 Å². The fourth-order valence-electron chi connectivity index (χ4n) is 3.78. The topological polar surface area (TPSA) is 52.6 Å². The van der Waals surface area contributed by atoms with Crippen molar-refractivity contribution >= 4 is 18.3 Å². The van der Waals surface area contributed by atoms with Gasteiger partial charge in [0.25, 0.3) is 0 Å². The van der Waals surface area contributed by atoms with E-state index in [1.54, 1.807) is 12.1 Å². The quantitative estimate of drug-likeness (QED) is 0.875. The third-order valence-corrected chi connectivity index (χ3v) is 5.33. The number of amides is 1. The highest BCUT2D eigenvalue weighted by molar-refractivity contribution is 5.86. The Balaban J connectivity index is 0.00000208. The number of likely N-dealkylation sites (tertiary alicyclic amines) is 1. The van der Waals surface area contributed by atoms with Gasteiger partial charge in [0, 0.05) is 13.1 Å². The third-order valence-electron chi connectivity index (χ3n) is 5.33. The molecule has 2 saturated heterocycles. The van der Waals surface area contributed by atoms with Crippen molar-refractivity contribution in [3.8, 4) is 0 Å². The molecule has 0 saturated carbocycles. The van der Waals surface area contributed by atoms with E-state index >= 15 is 0 Å². The average molecular weight is 357 g/mol. The van der Waals surface area contributed by atoms with Crippen molar-refractivity contribution < 1.29 is 14.3 Å². The molecule has 2 atom stereocenters. The Morgan fingerprint density at radius 3 is 2.50 bits per heavy atom. The maximum absolute atomic E-state index is 13.0. The summed E-state index contributed by atoms with van der Waals surface area (Å²) in [5, 5.41) is 13.8. The van der Waals surface area contributed by atoms with Gasteiger partial charge in [0.05, 0.1) is 11.6 Å². The lowest BCUT2D eigenvalue weighted by Crippen LogP contribution is -2.54. The number of hydrogen-bond acceptors (Lipinski definition) is 3. The zero-order valence-electron chi connectivity index (χ0n) is 14.0.